The molecule has 5 heteroatoms. The topological polar surface area (TPSA) is 47.7 Å². The van der Waals surface area contributed by atoms with Gasteiger partial charge >= 0.3 is 0 Å². The lowest BCUT2D eigenvalue weighted by Gasteiger charge is -2.32. The summed E-state index contributed by atoms with van der Waals surface area (Å²) in [6.07, 6.45) is 8.81. The average Bonchev–Trinajstić information content (AvgIpc) is 3.02. The van der Waals surface area contributed by atoms with Crippen molar-refractivity contribution in [2.24, 2.45) is 12.5 Å². The van der Waals surface area contributed by atoms with Crippen LogP contribution >= 0.6 is 0 Å². The Morgan fingerprint density at radius 2 is 2.10 bits per heavy atom. The molecule has 1 atom stereocenters. The Kier molecular flexibility index (Phi) is 4.83. The monoisotopic (exact) mass is 289 g/mol. The van der Waals surface area contributed by atoms with Crippen LogP contribution in [0.25, 0.3) is 0 Å². The zero-order valence-corrected chi connectivity index (χ0v) is 13.8. The van der Waals surface area contributed by atoms with Crippen LogP contribution in [0, 0.1) is 5.41 Å². The molecule has 1 N–H and O–H groups in total. The van der Waals surface area contributed by atoms with Crippen molar-refractivity contribution in [3.63, 3.8) is 0 Å². The van der Waals surface area contributed by atoms with Crippen LogP contribution < -0.4 is 5.32 Å². The van der Waals surface area contributed by atoms with Crippen LogP contribution in [0.4, 0.5) is 0 Å². The van der Waals surface area contributed by atoms with Gasteiger partial charge in [-0.05, 0) is 11.8 Å². The molecule has 2 heterocycles. The van der Waals surface area contributed by atoms with E-state index in [1.165, 1.54) is 11.3 Å². The molecule has 0 aromatic carbocycles. The summed E-state index contributed by atoms with van der Waals surface area (Å²) < 4.78 is 4.03. The number of rotatable bonds is 6. The summed E-state index contributed by atoms with van der Waals surface area (Å²) in [4.78, 5) is 4.13. The van der Waals surface area contributed by atoms with Crippen molar-refractivity contribution in [3.05, 3.63) is 36.2 Å². The Bertz CT molecular complexity index is 548. The summed E-state index contributed by atoms with van der Waals surface area (Å²) in [6, 6.07) is 0.372. The van der Waals surface area contributed by atoms with E-state index in [9.17, 15) is 0 Å². The molecule has 2 rings (SSSR count). The second-order valence-corrected chi connectivity index (χ2v) is 6.69. The van der Waals surface area contributed by atoms with E-state index in [-0.39, 0.29) is 5.41 Å². The fraction of sp³-hybridized carbons (Fsp3) is 0.625. The van der Waals surface area contributed by atoms with Gasteiger partial charge < -0.3 is 9.88 Å². The lowest BCUT2D eigenvalue weighted by Crippen LogP contribution is -2.43. The Morgan fingerprint density at radius 1 is 1.33 bits per heavy atom. The van der Waals surface area contributed by atoms with E-state index >= 15 is 0 Å². The van der Waals surface area contributed by atoms with E-state index < -0.39 is 0 Å². The van der Waals surface area contributed by atoms with Gasteiger partial charge in [-0.25, -0.2) is 4.98 Å². The highest BCUT2D eigenvalue weighted by molar-refractivity contribution is 5.16. The van der Waals surface area contributed by atoms with Crippen molar-refractivity contribution in [3.8, 4) is 0 Å². The molecule has 0 aliphatic heterocycles. The minimum absolute atomic E-state index is 0.179. The molecule has 1 unspecified atom stereocenters. The smallest absolute Gasteiger partial charge is 0.0946 e. The van der Waals surface area contributed by atoms with Crippen molar-refractivity contribution >= 4 is 0 Å². The lowest BCUT2D eigenvalue weighted by atomic mass is 9.86. The molecule has 2 aromatic rings. The molecule has 0 amide bonds. The second-order valence-electron chi connectivity index (χ2n) is 6.69. The minimum atomic E-state index is 0.179. The van der Waals surface area contributed by atoms with Crippen molar-refractivity contribution < 1.29 is 0 Å². The zero-order valence-electron chi connectivity index (χ0n) is 13.8. The standard InChI is InChI=1S/C16H27N5/c1-6-14-13(10-20(5)19-14)9-18-15(16(2,3)4)11-21-8-7-17-12-21/h7-8,10,12,15,18H,6,9,11H2,1-5H3. The van der Waals surface area contributed by atoms with Gasteiger partial charge in [-0.1, -0.05) is 27.7 Å². The van der Waals surface area contributed by atoms with Gasteiger partial charge in [0, 0.05) is 50.3 Å². The van der Waals surface area contributed by atoms with E-state index in [0.29, 0.717) is 6.04 Å². The molecule has 2 aromatic heterocycles. The highest BCUT2D eigenvalue weighted by atomic mass is 15.3. The molecule has 5 nitrogen and oxygen atoms in total. The molecule has 0 bridgehead atoms. The van der Waals surface area contributed by atoms with E-state index in [0.717, 1.165) is 19.5 Å². The number of imidazole rings is 1. The molecule has 0 aliphatic rings. The van der Waals surface area contributed by atoms with Crippen molar-refractivity contribution in [1.82, 2.24) is 24.6 Å². The van der Waals surface area contributed by atoms with Crippen LogP contribution in [-0.4, -0.2) is 25.4 Å². The van der Waals surface area contributed by atoms with Gasteiger partial charge in [-0.2, -0.15) is 5.10 Å². The Hall–Kier alpha value is -1.62. The highest BCUT2D eigenvalue weighted by Crippen LogP contribution is 2.21. The summed E-state index contributed by atoms with van der Waals surface area (Å²) in [6.45, 7) is 10.7. The van der Waals surface area contributed by atoms with Gasteiger partial charge in [0.15, 0.2) is 0 Å². The van der Waals surface area contributed by atoms with E-state index in [2.05, 4.69) is 53.9 Å². The third-order valence-corrected chi connectivity index (χ3v) is 3.86. The quantitative estimate of drug-likeness (QED) is 0.888. The molecule has 0 saturated heterocycles. The fourth-order valence-corrected chi connectivity index (χ4v) is 2.51. The first-order valence-corrected chi connectivity index (χ1v) is 7.60. The summed E-state index contributed by atoms with van der Waals surface area (Å²) in [5.74, 6) is 0. The molecular weight excluding hydrogens is 262 g/mol. The summed E-state index contributed by atoms with van der Waals surface area (Å²) in [5.41, 5.74) is 2.65. The van der Waals surface area contributed by atoms with Gasteiger partial charge in [-0.15, -0.1) is 0 Å². The van der Waals surface area contributed by atoms with Crippen molar-refractivity contribution in [1.29, 1.82) is 0 Å². The third-order valence-electron chi connectivity index (χ3n) is 3.86. The van der Waals surface area contributed by atoms with Crippen LogP contribution in [0.1, 0.15) is 39.0 Å². The molecule has 0 aliphatic carbocycles. The maximum Gasteiger partial charge on any atom is 0.0946 e. The highest BCUT2D eigenvalue weighted by Gasteiger charge is 2.24. The van der Waals surface area contributed by atoms with Gasteiger partial charge in [0.25, 0.3) is 0 Å². The van der Waals surface area contributed by atoms with Gasteiger partial charge in [0.1, 0.15) is 0 Å². The summed E-state index contributed by atoms with van der Waals surface area (Å²) in [7, 11) is 1.98. The van der Waals surface area contributed by atoms with Crippen LogP contribution in [0.15, 0.2) is 24.9 Å². The van der Waals surface area contributed by atoms with Gasteiger partial charge in [-0.3, -0.25) is 4.68 Å². The molecule has 0 fully saturated rings. The van der Waals surface area contributed by atoms with Crippen LogP contribution in [-0.2, 0) is 26.6 Å². The minimum Gasteiger partial charge on any atom is -0.336 e. The number of hydrogen-bond acceptors (Lipinski definition) is 3. The van der Waals surface area contributed by atoms with Crippen LogP contribution in [0.5, 0.6) is 0 Å². The second kappa shape index (κ2) is 6.43. The first-order chi connectivity index (χ1) is 9.90. The summed E-state index contributed by atoms with van der Waals surface area (Å²) in [5, 5.41) is 8.21. The number of nitrogens with zero attached hydrogens (tertiary/aromatic N) is 4. The largest absolute Gasteiger partial charge is 0.336 e. The fourth-order valence-electron chi connectivity index (χ4n) is 2.51. The first-order valence-electron chi connectivity index (χ1n) is 7.60. The number of aryl methyl sites for hydroxylation is 2. The predicted molar refractivity (Wildman–Crippen MR) is 84.9 cm³/mol. The van der Waals surface area contributed by atoms with Gasteiger partial charge in [0.05, 0.1) is 12.0 Å². The maximum atomic E-state index is 4.51. The molecule has 0 spiro atoms. The average molecular weight is 289 g/mol. The normalized spacial score (nSPS) is 13.6. The number of nitrogens with one attached hydrogen (secondary N) is 1. The summed E-state index contributed by atoms with van der Waals surface area (Å²) >= 11 is 0. The molecule has 0 radical (unpaired) electrons. The maximum absolute atomic E-state index is 4.51. The van der Waals surface area contributed by atoms with Crippen LogP contribution in [0.2, 0.25) is 0 Å². The Balaban J connectivity index is 2.05. The molecule has 116 valence electrons. The first kappa shape index (κ1) is 15.8. The van der Waals surface area contributed by atoms with Crippen LogP contribution in [0.3, 0.4) is 0 Å². The van der Waals surface area contributed by atoms with E-state index in [1.54, 1.807) is 0 Å². The SMILES string of the molecule is CCc1nn(C)cc1CNC(Cn1ccnc1)C(C)(C)C. The number of hydrogen-bond donors (Lipinski definition) is 1. The Morgan fingerprint density at radius 3 is 2.67 bits per heavy atom. The van der Waals surface area contributed by atoms with Gasteiger partial charge in [0.2, 0.25) is 0 Å². The molecule has 21 heavy (non-hydrogen) atoms. The lowest BCUT2D eigenvalue weighted by molar-refractivity contribution is 0.240. The molecular formula is C16H27N5. The zero-order chi connectivity index (χ0) is 15.5. The Labute approximate surface area is 127 Å². The van der Waals surface area contributed by atoms with E-state index in [4.69, 9.17) is 0 Å². The third kappa shape index (κ3) is 4.17. The molecule has 0 saturated carbocycles. The predicted octanol–water partition coefficient (Wildman–Crippen LogP) is 2.38. The number of aromatic nitrogens is 4. The van der Waals surface area contributed by atoms with Crippen molar-refractivity contribution in [2.75, 3.05) is 0 Å². The van der Waals surface area contributed by atoms with Crippen molar-refractivity contribution in [2.45, 2.75) is 53.2 Å². The van der Waals surface area contributed by atoms with E-state index in [1.807, 2.05) is 30.5 Å².